The molecule has 0 saturated heterocycles. The van der Waals surface area contributed by atoms with E-state index < -0.39 is 0 Å². The van der Waals surface area contributed by atoms with Gasteiger partial charge < -0.3 is 0 Å². The highest BCUT2D eigenvalue weighted by atomic mass is 14.2. The van der Waals surface area contributed by atoms with Gasteiger partial charge in [-0.05, 0) is 11.8 Å². The lowest BCUT2D eigenvalue weighted by molar-refractivity contribution is 0.254. The Labute approximate surface area is 128 Å². The van der Waals surface area contributed by atoms with E-state index >= 15 is 0 Å². The molecule has 2 bridgehead atoms. The molecule has 3 rings (SSSR count). The van der Waals surface area contributed by atoms with Gasteiger partial charge in [0.05, 0.1) is 0 Å². The van der Waals surface area contributed by atoms with Crippen molar-refractivity contribution in [3.05, 3.63) is 0 Å². The average molecular weight is 279 g/mol. The lowest BCUT2D eigenvalue weighted by Gasteiger charge is -2.28. The van der Waals surface area contributed by atoms with Gasteiger partial charge in [-0.25, -0.2) is 0 Å². The van der Waals surface area contributed by atoms with Gasteiger partial charge in [-0.2, -0.15) is 0 Å². The van der Waals surface area contributed by atoms with Crippen molar-refractivity contribution in [1.82, 2.24) is 0 Å². The smallest absolute Gasteiger partial charge is 0.0414 e. The SMILES string of the molecule is C1CCC2CCCCC(C1)CC2.C1CCCCCCC1. The van der Waals surface area contributed by atoms with Crippen LogP contribution in [-0.4, -0.2) is 0 Å². The highest BCUT2D eigenvalue weighted by Gasteiger charge is 2.19. The van der Waals surface area contributed by atoms with Gasteiger partial charge in [0.25, 0.3) is 0 Å². The van der Waals surface area contributed by atoms with Crippen molar-refractivity contribution in [1.29, 1.82) is 0 Å². The number of hydrogen-bond donors (Lipinski definition) is 0. The summed E-state index contributed by atoms with van der Waals surface area (Å²) in [4.78, 5) is 0. The normalized spacial score (nSPS) is 32.4. The first-order valence-electron chi connectivity index (χ1n) is 9.95. The van der Waals surface area contributed by atoms with Crippen molar-refractivity contribution in [2.24, 2.45) is 11.8 Å². The fourth-order valence-electron chi connectivity index (χ4n) is 4.48. The molecule has 0 spiro atoms. The van der Waals surface area contributed by atoms with Crippen molar-refractivity contribution < 1.29 is 0 Å². The maximum absolute atomic E-state index is 1.56. The fourth-order valence-corrected chi connectivity index (χ4v) is 4.48. The molecule has 0 aromatic heterocycles. The predicted molar refractivity (Wildman–Crippen MR) is 90.1 cm³/mol. The van der Waals surface area contributed by atoms with Crippen LogP contribution in [0.4, 0.5) is 0 Å². The third-order valence-electron chi connectivity index (χ3n) is 5.93. The maximum Gasteiger partial charge on any atom is -0.0414 e. The topological polar surface area (TPSA) is 0 Å². The molecular weight excluding hydrogens is 240 g/mol. The summed E-state index contributed by atoms with van der Waals surface area (Å²) in [5.74, 6) is 2.24. The zero-order valence-corrected chi connectivity index (χ0v) is 13.9. The van der Waals surface area contributed by atoms with E-state index in [1.54, 1.807) is 38.5 Å². The Kier molecular flexibility index (Phi) is 8.75. The molecule has 0 aromatic rings. The van der Waals surface area contributed by atoms with E-state index in [2.05, 4.69) is 0 Å². The van der Waals surface area contributed by atoms with Gasteiger partial charge in [0, 0.05) is 0 Å². The van der Waals surface area contributed by atoms with Crippen LogP contribution in [0, 0.1) is 11.8 Å². The molecule has 20 heavy (non-hydrogen) atoms. The van der Waals surface area contributed by atoms with E-state index in [-0.39, 0.29) is 0 Å². The molecule has 0 heterocycles. The number of fused-ring (bicyclic) bond motifs is 3. The molecule has 3 fully saturated rings. The zero-order chi connectivity index (χ0) is 13.9. The van der Waals surface area contributed by atoms with Crippen LogP contribution in [0.1, 0.15) is 116 Å². The summed E-state index contributed by atoms with van der Waals surface area (Å²) in [6.07, 6.45) is 27.4. The molecule has 0 atom stereocenters. The Morgan fingerprint density at radius 3 is 0.750 bits per heavy atom. The van der Waals surface area contributed by atoms with Gasteiger partial charge in [0.15, 0.2) is 0 Å². The third-order valence-corrected chi connectivity index (χ3v) is 5.93. The summed E-state index contributed by atoms with van der Waals surface area (Å²) in [6.45, 7) is 0. The van der Waals surface area contributed by atoms with Crippen molar-refractivity contribution in [2.45, 2.75) is 116 Å². The average Bonchev–Trinajstić information content (AvgIpc) is 2.37. The van der Waals surface area contributed by atoms with Crippen LogP contribution in [0.25, 0.3) is 0 Å². The molecule has 118 valence electrons. The summed E-state index contributed by atoms with van der Waals surface area (Å²) in [7, 11) is 0. The van der Waals surface area contributed by atoms with Crippen LogP contribution in [0.15, 0.2) is 0 Å². The summed E-state index contributed by atoms with van der Waals surface area (Å²) in [6, 6.07) is 0. The maximum atomic E-state index is 1.56. The quantitative estimate of drug-likeness (QED) is 0.437. The molecule has 0 N–H and O–H groups in total. The molecular formula is C20H38. The lowest BCUT2D eigenvalue weighted by atomic mass is 9.78. The monoisotopic (exact) mass is 278 g/mol. The molecule has 0 heteroatoms. The first-order valence-corrected chi connectivity index (χ1v) is 9.95. The molecule has 3 aliphatic carbocycles. The molecule has 0 amide bonds. The molecule has 0 nitrogen and oxygen atoms in total. The van der Waals surface area contributed by atoms with Crippen molar-refractivity contribution >= 4 is 0 Å². The second-order valence-electron chi connectivity index (χ2n) is 7.71. The van der Waals surface area contributed by atoms with E-state index in [0.717, 1.165) is 11.8 Å². The van der Waals surface area contributed by atoms with E-state index in [0.29, 0.717) is 0 Å². The van der Waals surface area contributed by atoms with Crippen LogP contribution in [0.5, 0.6) is 0 Å². The van der Waals surface area contributed by atoms with Crippen LogP contribution < -0.4 is 0 Å². The number of rotatable bonds is 0. The predicted octanol–water partition coefficient (Wildman–Crippen LogP) is 7.27. The van der Waals surface area contributed by atoms with Crippen LogP contribution in [0.2, 0.25) is 0 Å². The Morgan fingerprint density at radius 2 is 0.500 bits per heavy atom. The fraction of sp³-hybridized carbons (Fsp3) is 1.00. The van der Waals surface area contributed by atoms with Gasteiger partial charge in [-0.15, -0.1) is 0 Å². The lowest BCUT2D eigenvalue weighted by Crippen LogP contribution is -2.13. The molecule has 0 aliphatic heterocycles. The number of hydrogen-bond acceptors (Lipinski definition) is 0. The third kappa shape index (κ3) is 7.14. The van der Waals surface area contributed by atoms with E-state index in [1.807, 2.05) is 0 Å². The first kappa shape index (κ1) is 16.4. The second kappa shape index (κ2) is 10.7. The molecule has 0 unspecified atom stereocenters. The van der Waals surface area contributed by atoms with Gasteiger partial charge in [0.2, 0.25) is 0 Å². The van der Waals surface area contributed by atoms with Crippen molar-refractivity contribution in [3.8, 4) is 0 Å². The molecule has 3 aliphatic rings. The van der Waals surface area contributed by atoms with E-state index in [1.165, 1.54) is 77.0 Å². The summed E-state index contributed by atoms with van der Waals surface area (Å²) >= 11 is 0. The van der Waals surface area contributed by atoms with Crippen LogP contribution in [0.3, 0.4) is 0 Å². The van der Waals surface area contributed by atoms with Crippen LogP contribution in [-0.2, 0) is 0 Å². The second-order valence-corrected chi connectivity index (χ2v) is 7.71. The van der Waals surface area contributed by atoms with Crippen molar-refractivity contribution in [3.63, 3.8) is 0 Å². The van der Waals surface area contributed by atoms with Gasteiger partial charge >= 0.3 is 0 Å². The van der Waals surface area contributed by atoms with Crippen LogP contribution >= 0.6 is 0 Å². The van der Waals surface area contributed by atoms with E-state index in [9.17, 15) is 0 Å². The molecule has 3 saturated carbocycles. The van der Waals surface area contributed by atoms with Crippen molar-refractivity contribution in [2.75, 3.05) is 0 Å². The summed E-state index contributed by atoms with van der Waals surface area (Å²) < 4.78 is 0. The highest BCUT2D eigenvalue weighted by Crippen LogP contribution is 2.34. The Balaban J connectivity index is 0.000000160. The largest absolute Gasteiger partial charge is 0.0533 e. The van der Waals surface area contributed by atoms with Gasteiger partial charge in [-0.1, -0.05) is 116 Å². The Hall–Kier alpha value is 0. The minimum Gasteiger partial charge on any atom is -0.0533 e. The van der Waals surface area contributed by atoms with Gasteiger partial charge in [-0.3, -0.25) is 0 Å². The van der Waals surface area contributed by atoms with E-state index in [4.69, 9.17) is 0 Å². The summed E-state index contributed by atoms with van der Waals surface area (Å²) in [5.41, 5.74) is 0. The zero-order valence-electron chi connectivity index (χ0n) is 13.9. The molecule has 0 aromatic carbocycles. The minimum atomic E-state index is 1.12. The summed E-state index contributed by atoms with van der Waals surface area (Å²) in [5, 5.41) is 0. The standard InChI is InChI=1S/C12H22.C8H16/c1-2-6-12-8-4-3-7-11(5-1)9-10-12;1-2-4-6-8-7-5-3-1/h11-12H,1-10H2;1-8H2. The first-order chi connectivity index (χ1) is 9.95. The van der Waals surface area contributed by atoms with Gasteiger partial charge in [0.1, 0.15) is 0 Å². The highest BCUT2D eigenvalue weighted by molar-refractivity contribution is 4.72. The Morgan fingerprint density at radius 1 is 0.250 bits per heavy atom. The Bertz CT molecular complexity index is 168. The molecule has 0 radical (unpaired) electrons. The minimum absolute atomic E-state index is 1.12.